The highest BCUT2D eigenvalue weighted by molar-refractivity contribution is 5.96. The number of nitrogens with zero attached hydrogens (tertiary/aromatic N) is 7. The number of H-pyrrole nitrogens is 2. The fourth-order valence-electron chi connectivity index (χ4n) is 3.47. The van der Waals surface area contributed by atoms with Gasteiger partial charge in [-0.3, -0.25) is 15.1 Å². The molecule has 0 aliphatic heterocycles. The van der Waals surface area contributed by atoms with Gasteiger partial charge in [-0.25, -0.2) is 19.9 Å². The van der Waals surface area contributed by atoms with Gasteiger partial charge in [0.1, 0.15) is 12.0 Å². The minimum absolute atomic E-state index is 0.619. The molecule has 0 radical (unpaired) electrons. The summed E-state index contributed by atoms with van der Waals surface area (Å²) in [5, 5.41) is 8.38. The summed E-state index contributed by atoms with van der Waals surface area (Å²) in [6.07, 6.45) is 12.0. The fraction of sp³-hybridized carbons (Fsp3) is 0. The molecule has 0 saturated heterocycles. The molecule has 0 unspecified atom stereocenters. The lowest BCUT2D eigenvalue weighted by molar-refractivity contribution is 1.10. The zero-order valence-electron chi connectivity index (χ0n) is 15.5. The van der Waals surface area contributed by atoms with E-state index in [-0.39, 0.29) is 0 Å². The molecule has 0 spiro atoms. The Morgan fingerprint density at radius 2 is 1.73 bits per heavy atom. The van der Waals surface area contributed by atoms with Crippen molar-refractivity contribution in [1.82, 2.24) is 45.1 Å². The number of rotatable bonds is 3. The highest BCUT2D eigenvalue weighted by atomic mass is 15.1. The number of aromatic nitrogens is 9. The van der Waals surface area contributed by atoms with Crippen molar-refractivity contribution in [2.45, 2.75) is 0 Å². The Morgan fingerprint density at radius 3 is 2.60 bits per heavy atom. The van der Waals surface area contributed by atoms with Crippen LogP contribution >= 0.6 is 0 Å². The van der Waals surface area contributed by atoms with Crippen LogP contribution in [-0.4, -0.2) is 45.1 Å². The molecule has 9 nitrogen and oxygen atoms in total. The lowest BCUT2D eigenvalue weighted by atomic mass is 10.1. The first-order chi connectivity index (χ1) is 14.9. The lowest BCUT2D eigenvalue weighted by Crippen LogP contribution is -1.87. The van der Waals surface area contributed by atoms with Crippen molar-refractivity contribution in [2.24, 2.45) is 0 Å². The molecule has 30 heavy (non-hydrogen) atoms. The van der Waals surface area contributed by atoms with Gasteiger partial charge in [-0.1, -0.05) is 6.07 Å². The monoisotopic (exact) mass is 391 g/mol. The van der Waals surface area contributed by atoms with Gasteiger partial charge >= 0.3 is 0 Å². The van der Waals surface area contributed by atoms with Crippen LogP contribution in [0.4, 0.5) is 0 Å². The minimum Gasteiger partial charge on any atom is -0.335 e. The van der Waals surface area contributed by atoms with Gasteiger partial charge < -0.3 is 4.98 Å². The van der Waals surface area contributed by atoms with Crippen molar-refractivity contribution >= 4 is 22.1 Å². The van der Waals surface area contributed by atoms with Gasteiger partial charge in [0.05, 0.1) is 22.9 Å². The summed E-state index contributed by atoms with van der Waals surface area (Å²) in [5.74, 6) is 0.626. The Labute approximate surface area is 169 Å². The van der Waals surface area contributed by atoms with Crippen LogP contribution in [0.25, 0.3) is 56.0 Å². The summed E-state index contributed by atoms with van der Waals surface area (Å²) in [5.41, 5.74) is 6.52. The average molecular weight is 391 g/mol. The van der Waals surface area contributed by atoms with Gasteiger partial charge in [-0.05, 0) is 18.2 Å². The molecule has 0 aromatic carbocycles. The van der Waals surface area contributed by atoms with Crippen molar-refractivity contribution in [3.8, 4) is 33.9 Å². The van der Waals surface area contributed by atoms with Gasteiger partial charge in [0, 0.05) is 53.1 Å². The molecule has 142 valence electrons. The van der Waals surface area contributed by atoms with E-state index < -0.39 is 0 Å². The Morgan fingerprint density at radius 1 is 0.833 bits per heavy atom. The lowest BCUT2D eigenvalue weighted by Gasteiger charge is -2.01. The Hall–Kier alpha value is -4.53. The van der Waals surface area contributed by atoms with E-state index in [9.17, 15) is 0 Å². The largest absolute Gasteiger partial charge is 0.335 e. The number of imidazole rings is 1. The van der Waals surface area contributed by atoms with Crippen LogP contribution in [0.1, 0.15) is 0 Å². The van der Waals surface area contributed by atoms with Gasteiger partial charge in [0.25, 0.3) is 0 Å². The third-order valence-electron chi connectivity index (χ3n) is 4.89. The summed E-state index contributed by atoms with van der Waals surface area (Å²) in [6, 6.07) is 7.81. The number of hydrogen-bond donors (Lipinski definition) is 2. The topological polar surface area (TPSA) is 122 Å². The van der Waals surface area contributed by atoms with Crippen molar-refractivity contribution in [2.75, 3.05) is 0 Å². The summed E-state index contributed by atoms with van der Waals surface area (Å²) in [6.45, 7) is 0. The molecule has 0 aliphatic rings. The first-order valence-corrected chi connectivity index (χ1v) is 9.22. The Balaban J connectivity index is 1.52. The zero-order valence-corrected chi connectivity index (χ0v) is 15.5. The first-order valence-electron chi connectivity index (χ1n) is 9.22. The van der Waals surface area contributed by atoms with E-state index in [1.807, 2.05) is 30.5 Å². The molecule has 0 amide bonds. The van der Waals surface area contributed by atoms with Crippen LogP contribution in [0.3, 0.4) is 0 Å². The maximum absolute atomic E-state index is 4.68. The number of aromatic amines is 2. The van der Waals surface area contributed by atoms with Crippen molar-refractivity contribution in [3.05, 3.63) is 67.8 Å². The second-order valence-corrected chi connectivity index (χ2v) is 6.70. The van der Waals surface area contributed by atoms with Crippen LogP contribution in [0.5, 0.6) is 0 Å². The predicted molar refractivity (Wildman–Crippen MR) is 111 cm³/mol. The summed E-state index contributed by atoms with van der Waals surface area (Å²) < 4.78 is 0. The molecule has 0 fully saturated rings. The molecule has 6 aromatic heterocycles. The van der Waals surface area contributed by atoms with Gasteiger partial charge in [0.15, 0.2) is 11.5 Å². The third kappa shape index (κ3) is 2.60. The first kappa shape index (κ1) is 16.4. The van der Waals surface area contributed by atoms with Gasteiger partial charge in [-0.15, -0.1) is 0 Å². The predicted octanol–water partition coefficient (Wildman–Crippen LogP) is 3.42. The zero-order chi connectivity index (χ0) is 19.9. The second-order valence-electron chi connectivity index (χ2n) is 6.70. The Kier molecular flexibility index (Phi) is 3.57. The van der Waals surface area contributed by atoms with Gasteiger partial charge in [0.2, 0.25) is 0 Å². The average Bonchev–Trinajstić information content (AvgIpc) is 3.43. The minimum atomic E-state index is 0.619. The normalized spacial score (nSPS) is 11.3. The molecule has 0 aliphatic carbocycles. The molecule has 0 bridgehead atoms. The fourth-order valence-corrected chi connectivity index (χ4v) is 3.47. The van der Waals surface area contributed by atoms with Crippen LogP contribution in [-0.2, 0) is 0 Å². The molecule has 0 atom stereocenters. The molecule has 0 saturated carbocycles. The van der Waals surface area contributed by atoms with E-state index in [2.05, 4.69) is 45.1 Å². The highest BCUT2D eigenvalue weighted by Gasteiger charge is 2.16. The van der Waals surface area contributed by atoms with E-state index in [1.165, 1.54) is 6.33 Å². The summed E-state index contributed by atoms with van der Waals surface area (Å²) in [7, 11) is 0. The highest BCUT2D eigenvalue weighted by Crippen LogP contribution is 2.31. The summed E-state index contributed by atoms with van der Waals surface area (Å²) >= 11 is 0. The molecule has 6 rings (SSSR count). The van der Waals surface area contributed by atoms with Crippen LogP contribution < -0.4 is 0 Å². The maximum atomic E-state index is 4.68. The molecule has 9 heteroatoms. The number of pyridine rings is 3. The molecule has 6 heterocycles. The van der Waals surface area contributed by atoms with E-state index in [0.717, 1.165) is 38.8 Å². The van der Waals surface area contributed by atoms with Crippen molar-refractivity contribution < 1.29 is 0 Å². The van der Waals surface area contributed by atoms with Crippen molar-refractivity contribution in [3.63, 3.8) is 0 Å². The van der Waals surface area contributed by atoms with Crippen LogP contribution in [0.2, 0.25) is 0 Å². The van der Waals surface area contributed by atoms with Gasteiger partial charge in [-0.2, -0.15) is 5.10 Å². The number of hydrogen-bond acceptors (Lipinski definition) is 7. The van der Waals surface area contributed by atoms with Crippen molar-refractivity contribution in [1.29, 1.82) is 0 Å². The number of fused-ring (bicyclic) bond motifs is 2. The second kappa shape index (κ2) is 6.52. The maximum Gasteiger partial charge on any atom is 0.178 e. The molecular formula is C21H13N9. The van der Waals surface area contributed by atoms with E-state index >= 15 is 0 Å². The number of nitrogens with one attached hydrogen (secondary N) is 2. The SMILES string of the molecule is c1cncc(-c2ccnc3nc(-c4n[nH]c5cnc(-c6cncnc6)cc45)[nH]c23)c1. The summed E-state index contributed by atoms with van der Waals surface area (Å²) in [4.78, 5) is 29.3. The standard InChI is InChI=1S/C21H13N9/c1-2-12(7-22-4-1)14-3-5-25-20-18(14)27-21(28-20)19-15-6-16(13-8-23-11-24-9-13)26-10-17(15)29-30-19/h1-11H,(H,29,30)(H,25,27,28). The molecule has 2 N–H and O–H groups in total. The molecular weight excluding hydrogens is 378 g/mol. The smallest absolute Gasteiger partial charge is 0.178 e. The van der Waals surface area contributed by atoms with E-state index in [1.54, 1.807) is 31.0 Å². The third-order valence-corrected chi connectivity index (χ3v) is 4.89. The molecule has 6 aromatic rings. The van der Waals surface area contributed by atoms with E-state index in [4.69, 9.17) is 0 Å². The van der Waals surface area contributed by atoms with Crippen LogP contribution in [0, 0.1) is 0 Å². The quantitative estimate of drug-likeness (QED) is 0.474. The van der Waals surface area contributed by atoms with Crippen LogP contribution in [0.15, 0.2) is 67.8 Å². The van der Waals surface area contributed by atoms with E-state index in [0.29, 0.717) is 17.2 Å². The Bertz CT molecular complexity index is 1490.